The molecule has 0 saturated carbocycles. The highest BCUT2D eigenvalue weighted by molar-refractivity contribution is 6.07. The van der Waals surface area contributed by atoms with Crippen molar-refractivity contribution in [3.05, 3.63) is 89.0 Å². The number of nitriles is 1. The molecule has 4 rings (SSSR count). The van der Waals surface area contributed by atoms with Gasteiger partial charge in [0.05, 0.1) is 42.9 Å². The minimum atomic E-state index is -0.600. The number of benzene rings is 1. The summed E-state index contributed by atoms with van der Waals surface area (Å²) in [5.41, 5.74) is 2.91. The summed E-state index contributed by atoms with van der Waals surface area (Å²) >= 11 is 0. The van der Waals surface area contributed by atoms with Crippen LogP contribution in [0.15, 0.2) is 81.9 Å². The number of aliphatic hydroxyl groups excluding tert-OH is 1. The van der Waals surface area contributed by atoms with E-state index in [1.807, 2.05) is 44.3 Å². The third-order valence-electron chi connectivity index (χ3n) is 6.56. The van der Waals surface area contributed by atoms with Gasteiger partial charge in [0.15, 0.2) is 11.5 Å². The van der Waals surface area contributed by atoms with Gasteiger partial charge in [-0.2, -0.15) is 10.4 Å². The molecule has 11 heteroatoms. The lowest BCUT2D eigenvalue weighted by Crippen LogP contribution is -2.39. The third kappa shape index (κ3) is 5.76. The Morgan fingerprint density at radius 1 is 1.33 bits per heavy atom. The molecular weight excluding hydrogens is 498 g/mol. The molecule has 3 aromatic rings. The number of aliphatic imine (C=N–C) groups is 1. The van der Waals surface area contributed by atoms with E-state index in [2.05, 4.69) is 26.6 Å². The van der Waals surface area contributed by atoms with E-state index in [0.29, 0.717) is 42.4 Å². The number of aliphatic hydroxyl groups is 1. The summed E-state index contributed by atoms with van der Waals surface area (Å²) in [6.45, 7) is 5.01. The molecule has 2 N–H and O–H groups in total. The Bertz CT molecular complexity index is 1450. The second kappa shape index (κ2) is 12.2. The monoisotopic (exact) mass is 529 g/mol. The van der Waals surface area contributed by atoms with Crippen LogP contribution >= 0.6 is 0 Å². The maximum absolute atomic E-state index is 13.2. The lowest BCUT2D eigenvalue weighted by molar-refractivity contribution is -0.113. The topological polar surface area (TPSA) is 142 Å². The van der Waals surface area contributed by atoms with Crippen LogP contribution in [0.1, 0.15) is 42.9 Å². The Morgan fingerprint density at radius 2 is 2.13 bits per heavy atom. The van der Waals surface area contributed by atoms with Crippen LogP contribution in [0.2, 0.25) is 0 Å². The number of ether oxygens (including phenoxy) is 1. The van der Waals surface area contributed by atoms with E-state index in [4.69, 9.17) is 9.26 Å². The number of nitrogens with zero attached hydrogens (tertiary/aromatic N) is 6. The normalized spacial score (nSPS) is 16.1. The second-order valence-electron chi connectivity index (χ2n) is 9.09. The first-order valence-electron chi connectivity index (χ1n) is 12.6. The molecule has 0 aliphatic carbocycles. The maximum atomic E-state index is 13.2. The summed E-state index contributed by atoms with van der Waals surface area (Å²) in [6.07, 6.45) is 8.83. The number of methoxy groups -OCH3 is 1. The molecule has 0 saturated heterocycles. The minimum absolute atomic E-state index is 0.126. The van der Waals surface area contributed by atoms with Gasteiger partial charge in [-0.25, -0.2) is 4.99 Å². The molecule has 1 aliphatic heterocycles. The quantitative estimate of drug-likeness (QED) is 0.398. The average molecular weight is 530 g/mol. The first kappa shape index (κ1) is 27.3. The van der Waals surface area contributed by atoms with Gasteiger partial charge in [0.1, 0.15) is 17.8 Å². The molecular formula is C28H31N7O4. The Balaban J connectivity index is 1.82. The summed E-state index contributed by atoms with van der Waals surface area (Å²) in [5.74, 6) is -0.951. The van der Waals surface area contributed by atoms with E-state index in [0.717, 1.165) is 11.1 Å². The van der Waals surface area contributed by atoms with Crippen molar-refractivity contribution in [2.24, 2.45) is 10.9 Å². The highest BCUT2D eigenvalue weighted by Gasteiger charge is 2.36. The van der Waals surface area contributed by atoms with E-state index in [9.17, 15) is 15.2 Å². The van der Waals surface area contributed by atoms with Crippen LogP contribution in [0, 0.1) is 17.2 Å². The fourth-order valence-corrected chi connectivity index (χ4v) is 4.70. The summed E-state index contributed by atoms with van der Waals surface area (Å²) in [7, 11) is 3.44. The highest BCUT2D eigenvalue weighted by Crippen LogP contribution is 2.38. The number of allylic oxidation sites excluding steroid dienone is 1. The van der Waals surface area contributed by atoms with Crippen molar-refractivity contribution in [3.63, 3.8) is 0 Å². The van der Waals surface area contributed by atoms with Crippen LogP contribution in [0.25, 0.3) is 0 Å². The van der Waals surface area contributed by atoms with Crippen LogP contribution in [0.5, 0.6) is 0 Å². The van der Waals surface area contributed by atoms with Crippen molar-refractivity contribution in [1.29, 1.82) is 5.26 Å². The Kier molecular flexibility index (Phi) is 8.58. The largest absolute Gasteiger partial charge is 0.504 e. The van der Waals surface area contributed by atoms with Gasteiger partial charge in [-0.1, -0.05) is 43.3 Å². The molecule has 2 unspecified atom stereocenters. The number of aromatic nitrogens is 3. The van der Waals surface area contributed by atoms with Crippen LogP contribution in [0.3, 0.4) is 0 Å². The van der Waals surface area contributed by atoms with E-state index < -0.39 is 5.91 Å². The van der Waals surface area contributed by atoms with Gasteiger partial charge < -0.3 is 24.6 Å². The van der Waals surface area contributed by atoms with Gasteiger partial charge in [-0.15, -0.1) is 0 Å². The van der Waals surface area contributed by atoms with Crippen molar-refractivity contribution in [1.82, 2.24) is 19.8 Å². The zero-order valence-corrected chi connectivity index (χ0v) is 22.3. The molecule has 202 valence electrons. The van der Waals surface area contributed by atoms with Crippen LogP contribution in [0.4, 0.5) is 5.69 Å². The SMILES string of the molecule is CC/C=C1/C(O)=C(C(=O)Nc2cnoc2)N=C(C(C)C(c2cnn(CCOC)c2)c2ccccc2C#N)N1C. The van der Waals surface area contributed by atoms with Gasteiger partial charge in [-0.05, 0) is 23.6 Å². The molecule has 2 aromatic heterocycles. The summed E-state index contributed by atoms with van der Waals surface area (Å²) < 4.78 is 11.8. The second-order valence-corrected chi connectivity index (χ2v) is 9.09. The minimum Gasteiger partial charge on any atom is -0.504 e. The van der Waals surface area contributed by atoms with E-state index in [-0.39, 0.29) is 23.3 Å². The number of amidine groups is 1. The molecule has 11 nitrogen and oxygen atoms in total. The summed E-state index contributed by atoms with van der Waals surface area (Å²) in [6, 6.07) is 9.72. The van der Waals surface area contributed by atoms with Gasteiger partial charge in [-0.3, -0.25) is 9.48 Å². The van der Waals surface area contributed by atoms with Crippen LogP contribution < -0.4 is 5.32 Å². The van der Waals surface area contributed by atoms with Crippen molar-refractivity contribution in [3.8, 4) is 6.07 Å². The zero-order valence-electron chi connectivity index (χ0n) is 22.3. The number of hydrogen-bond donors (Lipinski definition) is 2. The molecule has 0 bridgehead atoms. The zero-order chi connectivity index (χ0) is 27.9. The predicted octanol–water partition coefficient (Wildman–Crippen LogP) is 4.20. The predicted molar refractivity (Wildman–Crippen MR) is 145 cm³/mol. The summed E-state index contributed by atoms with van der Waals surface area (Å²) in [5, 5.41) is 31.7. The lowest BCUT2D eigenvalue weighted by atomic mass is 9.79. The van der Waals surface area contributed by atoms with Gasteiger partial charge in [0.25, 0.3) is 5.91 Å². The van der Waals surface area contributed by atoms with Gasteiger partial charge >= 0.3 is 0 Å². The number of hydrogen-bond acceptors (Lipinski definition) is 9. The number of amides is 1. The van der Waals surface area contributed by atoms with Gasteiger partial charge in [0.2, 0.25) is 0 Å². The molecule has 3 heterocycles. The number of likely N-dealkylation sites (N-methyl/N-ethyl adjacent to an activating group) is 1. The maximum Gasteiger partial charge on any atom is 0.278 e. The van der Waals surface area contributed by atoms with Crippen molar-refractivity contribution < 1.29 is 19.2 Å². The fourth-order valence-electron chi connectivity index (χ4n) is 4.70. The Labute approximate surface area is 226 Å². The van der Waals surface area contributed by atoms with Crippen LogP contribution in [-0.4, -0.2) is 57.5 Å². The van der Waals surface area contributed by atoms with E-state index in [1.54, 1.807) is 36.0 Å². The summed E-state index contributed by atoms with van der Waals surface area (Å²) in [4.78, 5) is 19.7. The van der Waals surface area contributed by atoms with Crippen molar-refractivity contribution in [2.45, 2.75) is 32.7 Å². The van der Waals surface area contributed by atoms with Crippen LogP contribution in [-0.2, 0) is 16.1 Å². The Hall–Kier alpha value is -4.69. The molecule has 2 atom stereocenters. The number of carbonyl (C=O) groups excluding carboxylic acids is 1. The van der Waals surface area contributed by atoms with E-state index >= 15 is 0 Å². The first-order chi connectivity index (χ1) is 18.9. The number of anilines is 1. The molecule has 1 aromatic carbocycles. The third-order valence-corrected chi connectivity index (χ3v) is 6.56. The number of rotatable bonds is 10. The van der Waals surface area contributed by atoms with Crippen molar-refractivity contribution >= 4 is 17.4 Å². The molecule has 39 heavy (non-hydrogen) atoms. The molecule has 0 fully saturated rings. The highest BCUT2D eigenvalue weighted by atomic mass is 16.5. The number of carbonyl (C=O) groups is 1. The standard InChI is InChI=1S/C28H31N7O4/c1-5-8-23-26(36)25(28(37)32-21-15-31-39-17-21)33-27(34(23)3)18(2)24(22-10-7-6-9-19(22)13-29)20-14-30-35(16-20)11-12-38-4/h6-10,14-18,24,36H,5,11-12H2,1-4H3,(H,32,37)/b23-8-. The van der Waals surface area contributed by atoms with E-state index in [1.165, 1.54) is 12.5 Å². The number of nitrogens with one attached hydrogen (secondary N) is 1. The van der Waals surface area contributed by atoms with Gasteiger partial charge in [0, 0.05) is 32.2 Å². The Morgan fingerprint density at radius 3 is 2.82 bits per heavy atom. The molecule has 0 radical (unpaired) electrons. The lowest BCUT2D eigenvalue weighted by Gasteiger charge is -2.35. The van der Waals surface area contributed by atoms with Crippen molar-refractivity contribution in [2.75, 3.05) is 26.1 Å². The smallest absolute Gasteiger partial charge is 0.278 e. The molecule has 0 spiro atoms. The molecule has 1 amide bonds. The average Bonchev–Trinajstić information content (AvgIpc) is 3.62. The first-order valence-corrected chi connectivity index (χ1v) is 12.6. The molecule has 1 aliphatic rings. The fraction of sp³-hybridized carbons (Fsp3) is 0.321.